The molecule has 40 heavy (non-hydrogen) atoms. The van der Waals surface area contributed by atoms with Crippen LogP contribution in [0.25, 0.3) is 10.9 Å². The highest BCUT2D eigenvalue weighted by atomic mass is 35.5. The van der Waals surface area contributed by atoms with Gasteiger partial charge in [0.05, 0.1) is 46.9 Å². The lowest BCUT2D eigenvalue weighted by Crippen LogP contribution is -2.41. The van der Waals surface area contributed by atoms with Gasteiger partial charge in [-0.2, -0.15) is 0 Å². The summed E-state index contributed by atoms with van der Waals surface area (Å²) in [5, 5.41) is 1.44. The minimum Gasteiger partial charge on any atom is -0.355 e. The van der Waals surface area contributed by atoms with E-state index >= 15 is 0 Å². The van der Waals surface area contributed by atoms with Crippen LogP contribution >= 0.6 is 23.4 Å². The minimum absolute atomic E-state index is 0.221. The zero-order valence-electron chi connectivity index (χ0n) is 21.6. The number of hydrogen-bond acceptors (Lipinski definition) is 9. The molecule has 0 saturated carbocycles. The van der Waals surface area contributed by atoms with Crippen LogP contribution in [0.5, 0.6) is 0 Å². The summed E-state index contributed by atoms with van der Waals surface area (Å²) < 4.78 is 1.50. The number of fused-ring (bicyclic) bond motifs is 2. The Kier molecular flexibility index (Phi) is 6.44. The SMILES string of the molecule is O=c1c2c(Cl)c(Sc3cnc(N4CCC5(CC4)Cc4cccnc4C5)cn3)ccc2ncn1Cc1ccncn1. The standard InChI is InChI=1S/C29H25ClN8OS/c30-27-23(4-3-21-26(27)28(39)38(18-36-21)16-20-5-9-31-17-35-20)40-25-15-33-24(14-34-25)37-10-6-29(7-11-37)12-19-2-1-8-32-22(19)13-29/h1-5,8-9,14-15,17-18H,6-7,10-13,16H2. The molecular weight excluding hydrogens is 544 g/mol. The summed E-state index contributed by atoms with van der Waals surface area (Å²) in [6.07, 6.45) is 14.6. The molecule has 4 aromatic heterocycles. The van der Waals surface area contributed by atoms with Crippen LogP contribution in [0.2, 0.25) is 5.02 Å². The molecule has 0 N–H and O–H groups in total. The van der Waals surface area contributed by atoms with Gasteiger partial charge in [-0.25, -0.2) is 24.9 Å². The number of anilines is 1. The second-order valence-corrected chi connectivity index (χ2v) is 11.9. The van der Waals surface area contributed by atoms with Crippen molar-refractivity contribution >= 4 is 40.1 Å². The third kappa shape index (κ3) is 4.71. The van der Waals surface area contributed by atoms with Gasteiger partial charge in [-0.15, -0.1) is 0 Å². The third-order valence-electron chi connectivity index (χ3n) is 7.94. The van der Waals surface area contributed by atoms with Gasteiger partial charge in [0.2, 0.25) is 0 Å². The fraction of sp³-hybridized carbons (Fsp3) is 0.276. The first kappa shape index (κ1) is 25.1. The Balaban J connectivity index is 1.06. The van der Waals surface area contributed by atoms with Crippen molar-refractivity contribution in [1.82, 2.24) is 34.5 Å². The molecule has 0 radical (unpaired) electrons. The zero-order valence-corrected chi connectivity index (χ0v) is 23.1. The number of aromatic nitrogens is 7. The fourth-order valence-electron chi connectivity index (χ4n) is 5.78. The van der Waals surface area contributed by atoms with E-state index in [0.717, 1.165) is 49.5 Å². The van der Waals surface area contributed by atoms with Crippen LogP contribution in [-0.4, -0.2) is 47.6 Å². The van der Waals surface area contributed by atoms with Crippen molar-refractivity contribution in [2.45, 2.75) is 42.1 Å². The lowest BCUT2D eigenvalue weighted by molar-refractivity contribution is 0.231. The van der Waals surface area contributed by atoms with Crippen LogP contribution in [0.3, 0.4) is 0 Å². The Morgan fingerprint density at radius 3 is 2.62 bits per heavy atom. The van der Waals surface area contributed by atoms with E-state index in [-0.39, 0.29) is 12.1 Å². The van der Waals surface area contributed by atoms with Gasteiger partial charge in [0.15, 0.2) is 0 Å². The molecule has 200 valence electrons. The summed E-state index contributed by atoms with van der Waals surface area (Å²) >= 11 is 8.14. The Morgan fingerprint density at radius 2 is 1.85 bits per heavy atom. The molecule has 0 atom stereocenters. The van der Waals surface area contributed by atoms with Gasteiger partial charge in [-0.05, 0) is 60.9 Å². The van der Waals surface area contributed by atoms with E-state index in [0.29, 0.717) is 32.1 Å². The Bertz CT molecular complexity index is 1730. The van der Waals surface area contributed by atoms with Crippen LogP contribution in [0, 0.1) is 5.41 Å². The van der Waals surface area contributed by atoms with Gasteiger partial charge in [0.25, 0.3) is 5.56 Å². The van der Waals surface area contributed by atoms with Gasteiger partial charge in [0.1, 0.15) is 17.2 Å². The molecule has 1 saturated heterocycles. The van der Waals surface area contributed by atoms with Crippen LogP contribution in [0.15, 0.2) is 82.5 Å². The van der Waals surface area contributed by atoms with Gasteiger partial charge in [-0.3, -0.25) is 14.3 Å². The summed E-state index contributed by atoms with van der Waals surface area (Å²) in [7, 11) is 0. The lowest BCUT2D eigenvalue weighted by Gasteiger charge is -2.39. The summed E-state index contributed by atoms with van der Waals surface area (Å²) in [5.41, 5.74) is 4.04. The van der Waals surface area contributed by atoms with Crippen LogP contribution in [0.1, 0.15) is 29.8 Å². The Hall–Kier alpha value is -3.89. The smallest absolute Gasteiger partial charge is 0.263 e. The van der Waals surface area contributed by atoms with Crippen molar-refractivity contribution in [2.75, 3.05) is 18.0 Å². The number of hydrogen-bond donors (Lipinski definition) is 0. The highest BCUT2D eigenvalue weighted by molar-refractivity contribution is 7.99. The largest absolute Gasteiger partial charge is 0.355 e. The molecule has 1 aliphatic carbocycles. The first-order valence-corrected chi connectivity index (χ1v) is 14.4. The van der Waals surface area contributed by atoms with Crippen molar-refractivity contribution in [3.05, 3.63) is 100 Å². The molecule has 1 fully saturated rings. The highest BCUT2D eigenvalue weighted by Crippen LogP contribution is 2.44. The lowest BCUT2D eigenvalue weighted by atomic mass is 9.76. The second kappa shape index (κ2) is 10.3. The maximum atomic E-state index is 13.3. The maximum absolute atomic E-state index is 13.3. The van der Waals surface area contributed by atoms with Crippen molar-refractivity contribution in [3.63, 3.8) is 0 Å². The summed E-state index contributed by atoms with van der Waals surface area (Å²) in [6, 6.07) is 9.70. The number of piperidine rings is 1. The van der Waals surface area contributed by atoms with E-state index in [1.807, 2.05) is 30.6 Å². The van der Waals surface area contributed by atoms with Crippen LogP contribution in [-0.2, 0) is 19.4 Å². The zero-order chi connectivity index (χ0) is 27.1. The van der Waals surface area contributed by atoms with Gasteiger partial charge in [0, 0.05) is 36.1 Å². The predicted molar refractivity (Wildman–Crippen MR) is 154 cm³/mol. The van der Waals surface area contributed by atoms with E-state index < -0.39 is 0 Å². The molecule has 1 aliphatic heterocycles. The molecule has 5 aromatic rings. The first-order chi connectivity index (χ1) is 19.6. The topological polar surface area (TPSA) is 103 Å². The molecule has 1 aromatic carbocycles. The number of halogens is 1. The monoisotopic (exact) mass is 568 g/mol. The van der Waals surface area contributed by atoms with Crippen molar-refractivity contribution in [3.8, 4) is 0 Å². The van der Waals surface area contributed by atoms with Gasteiger partial charge >= 0.3 is 0 Å². The Labute approximate surface area is 239 Å². The van der Waals surface area contributed by atoms with E-state index in [1.54, 1.807) is 18.5 Å². The molecule has 9 nitrogen and oxygen atoms in total. The predicted octanol–water partition coefficient (Wildman–Crippen LogP) is 4.61. The molecular formula is C29H25ClN8OS. The number of nitrogens with zero attached hydrogens (tertiary/aromatic N) is 8. The van der Waals surface area contributed by atoms with Gasteiger partial charge < -0.3 is 4.90 Å². The number of pyridine rings is 1. The molecule has 7 rings (SSSR count). The first-order valence-electron chi connectivity index (χ1n) is 13.2. The molecule has 0 bridgehead atoms. The third-order valence-corrected chi connectivity index (χ3v) is 9.43. The molecule has 11 heteroatoms. The molecule has 0 unspecified atom stereocenters. The van der Waals surface area contributed by atoms with Crippen molar-refractivity contribution < 1.29 is 0 Å². The molecule has 1 spiro atoms. The van der Waals surface area contributed by atoms with Crippen LogP contribution in [0.4, 0.5) is 5.82 Å². The average molecular weight is 569 g/mol. The molecule has 2 aliphatic rings. The molecule has 0 amide bonds. The van der Waals surface area contributed by atoms with E-state index in [9.17, 15) is 4.79 Å². The summed E-state index contributed by atoms with van der Waals surface area (Å²) in [5.74, 6) is 0.884. The van der Waals surface area contributed by atoms with E-state index in [4.69, 9.17) is 16.6 Å². The molecule has 5 heterocycles. The van der Waals surface area contributed by atoms with Crippen molar-refractivity contribution in [1.29, 1.82) is 0 Å². The Morgan fingerprint density at radius 1 is 0.950 bits per heavy atom. The minimum atomic E-state index is -0.221. The normalized spacial score (nSPS) is 16.0. The quantitative estimate of drug-likeness (QED) is 0.301. The second-order valence-electron chi connectivity index (χ2n) is 10.4. The fourth-order valence-corrected chi connectivity index (χ4v) is 6.90. The maximum Gasteiger partial charge on any atom is 0.263 e. The number of benzene rings is 1. The average Bonchev–Trinajstić information content (AvgIpc) is 3.35. The van der Waals surface area contributed by atoms with E-state index in [1.165, 1.54) is 40.2 Å². The number of rotatable bonds is 5. The van der Waals surface area contributed by atoms with Crippen molar-refractivity contribution in [2.24, 2.45) is 5.41 Å². The van der Waals surface area contributed by atoms with Gasteiger partial charge in [-0.1, -0.05) is 29.4 Å². The van der Waals surface area contributed by atoms with E-state index in [2.05, 4.69) is 35.9 Å². The summed E-state index contributed by atoms with van der Waals surface area (Å²) in [6.45, 7) is 2.20. The summed E-state index contributed by atoms with van der Waals surface area (Å²) in [4.78, 5) is 42.9. The highest BCUT2D eigenvalue weighted by Gasteiger charge is 2.40. The van der Waals surface area contributed by atoms with Crippen LogP contribution < -0.4 is 10.5 Å².